The third-order valence-corrected chi connectivity index (χ3v) is 6.08. The summed E-state index contributed by atoms with van der Waals surface area (Å²) in [4.78, 5) is 37.1. The van der Waals surface area contributed by atoms with E-state index in [2.05, 4.69) is 25.1 Å². The zero-order valence-corrected chi connectivity index (χ0v) is 15.5. The molecular weight excluding hydrogens is 350 g/mol. The number of imide groups is 1. The zero-order chi connectivity index (χ0) is 17.9. The number of rotatable bonds is 3. The Morgan fingerprint density at radius 1 is 1.12 bits per heavy atom. The molecule has 0 bridgehead atoms. The first-order chi connectivity index (χ1) is 12.7. The van der Waals surface area contributed by atoms with Gasteiger partial charge in [-0.2, -0.15) is 0 Å². The molecule has 3 heterocycles. The largest absolute Gasteiger partial charge is 0.338 e. The van der Waals surface area contributed by atoms with Gasteiger partial charge in [0, 0.05) is 38.4 Å². The smallest absolute Gasteiger partial charge is 0.290 e. The highest BCUT2D eigenvalue weighted by Gasteiger charge is 2.27. The number of nitrogens with one attached hydrogen (secondary N) is 1. The molecule has 3 fully saturated rings. The highest BCUT2D eigenvalue weighted by Crippen LogP contribution is 2.26. The Morgan fingerprint density at radius 3 is 2.58 bits per heavy atom. The third-order valence-electron chi connectivity index (χ3n) is 5.27. The van der Waals surface area contributed by atoms with Gasteiger partial charge in [-0.25, -0.2) is 9.97 Å². The second-order valence-corrected chi connectivity index (χ2v) is 7.96. The van der Waals surface area contributed by atoms with Crippen LogP contribution in [0.15, 0.2) is 17.2 Å². The van der Waals surface area contributed by atoms with Gasteiger partial charge in [0.15, 0.2) is 0 Å². The summed E-state index contributed by atoms with van der Waals surface area (Å²) in [5.74, 6) is 0.332. The van der Waals surface area contributed by atoms with Crippen molar-refractivity contribution in [2.75, 3.05) is 31.1 Å². The van der Waals surface area contributed by atoms with Crippen molar-refractivity contribution in [3.8, 4) is 0 Å². The molecule has 3 aliphatic rings. The Morgan fingerprint density at radius 2 is 1.88 bits per heavy atom. The van der Waals surface area contributed by atoms with Crippen molar-refractivity contribution in [3.63, 3.8) is 0 Å². The third kappa shape index (κ3) is 3.91. The van der Waals surface area contributed by atoms with E-state index >= 15 is 0 Å². The molecule has 7 nitrogen and oxygen atoms in total. The summed E-state index contributed by atoms with van der Waals surface area (Å²) in [6.45, 7) is 3.94. The van der Waals surface area contributed by atoms with Crippen molar-refractivity contribution < 1.29 is 9.59 Å². The second kappa shape index (κ2) is 7.75. The van der Waals surface area contributed by atoms with Crippen LogP contribution in [0.1, 0.15) is 37.8 Å². The summed E-state index contributed by atoms with van der Waals surface area (Å²) in [5, 5.41) is 1.92. The van der Waals surface area contributed by atoms with Crippen LogP contribution in [0.25, 0.3) is 6.08 Å². The number of hydrogen-bond acceptors (Lipinski definition) is 7. The molecule has 1 aromatic heterocycles. The van der Waals surface area contributed by atoms with E-state index < -0.39 is 0 Å². The molecule has 1 N–H and O–H groups in total. The van der Waals surface area contributed by atoms with E-state index in [-0.39, 0.29) is 11.1 Å². The monoisotopic (exact) mass is 373 g/mol. The van der Waals surface area contributed by atoms with Gasteiger partial charge in [0.1, 0.15) is 0 Å². The number of carbonyl (C=O) groups excluding carboxylic acids is 2. The van der Waals surface area contributed by atoms with Crippen LogP contribution in [-0.2, 0) is 4.79 Å². The maximum Gasteiger partial charge on any atom is 0.290 e. The van der Waals surface area contributed by atoms with Gasteiger partial charge in [-0.3, -0.25) is 19.8 Å². The molecule has 26 heavy (non-hydrogen) atoms. The summed E-state index contributed by atoms with van der Waals surface area (Å²) in [7, 11) is 0. The highest BCUT2D eigenvalue weighted by atomic mass is 32.2. The van der Waals surface area contributed by atoms with E-state index in [0.717, 1.165) is 44.0 Å². The predicted octanol–water partition coefficient (Wildman–Crippen LogP) is 2.26. The molecule has 0 spiro atoms. The van der Waals surface area contributed by atoms with Gasteiger partial charge in [-0.05, 0) is 36.7 Å². The van der Waals surface area contributed by atoms with E-state index in [9.17, 15) is 9.59 Å². The lowest BCUT2D eigenvalue weighted by molar-refractivity contribution is -0.115. The summed E-state index contributed by atoms with van der Waals surface area (Å²) in [6.07, 6.45) is 10.1. The van der Waals surface area contributed by atoms with Gasteiger partial charge in [0.2, 0.25) is 5.95 Å². The van der Waals surface area contributed by atoms with E-state index in [0.29, 0.717) is 16.5 Å². The number of hydrogen-bond donors (Lipinski definition) is 1. The molecule has 8 heteroatoms. The van der Waals surface area contributed by atoms with Gasteiger partial charge in [0.25, 0.3) is 11.1 Å². The summed E-state index contributed by atoms with van der Waals surface area (Å²) in [6, 6.07) is 2.50. The van der Waals surface area contributed by atoms with Crippen molar-refractivity contribution in [1.29, 1.82) is 0 Å². The molecule has 4 rings (SSSR count). The first-order valence-corrected chi connectivity index (χ1v) is 10.1. The summed E-state index contributed by atoms with van der Waals surface area (Å²) in [5.41, 5.74) is 0.650. The van der Waals surface area contributed by atoms with Crippen LogP contribution in [0.3, 0.4) is 0 Å². The lowest BCUT2D eigenvalue weighted by atomic mass is 9.94. The van der Waals surface area contributed by atoms with Crippen molar-refractivity contribution in [2.45, 2.75) is 38.1 Å². The van der Waals surface area contributed by atoms with Crippen LogP contribution in [-0.4, -0.2) is 58.2 Å². The molecule has 138 valence electrons. The van der Waals surface area contributed by atoms with Crippen LogP contribution in [0.5, 0.6) is 0 Å². The Bertz CT molecular complexity index is 724. The number of piperazine rings is 1. The van der Waals surface area contributed by atoms with E-state index in [1.807, 2.05) is 0 Å². The van der Waals surface area contributed by atoms with Gasteiger partial charge in [-0.15, -0.1) is 0 Å². The minimum atomic E-state index is -0.360. The van der Waals surface area contributed by atoms with E-state index in [1.165, 1.54) is 32.1 Å². The molecule has 1 saturated carbocycles. The molecule has 1 aliphatic carbocycles. The maximum absolute atomic E-state index is 11.7. The van der Waals surface area contributed by atoms with Crippen molar-refractivity contribution in [2.24, 2.45) is 0 Å². The van der Waals surface area contributed by atoms with Crippen LogP contribution in [0.4, 0.5) is 10.7 Å². The number of amides is 2. The highest BCUT2D eigenvalue weighted by molar-refractivity contribution is 8.18. The van der Waals surface area contributed by atoms with E-state index in [4.69, 9.17) is 0 Å². The fourth-order valence-electron chi connectivity index (χ4n) is 3.88. The fourth-order valence-corrected chi connectivity index (χ4v) is 4.55. The molecular formula is C18H23N5O2S. The molecule has 0 aromatic carbocycles. The number of carbonyl (C=O) groups is 2. The molecule has 2 amide bonds. The number of nitrogens with zero attached hydrogens (tertiary/aromatic N) is 4. The van der Waals surface area contributed by atoms with Crippen molar-refractivity contribution in [3.05, 3.63) is 22.9 Å². The standard InChI is InChI=1S/C18H23N5O2S/c24-16-15(26-18(25)21-16)12-13-6-7-19-17(20-13)23-10-8-22(9-11-23)14-4-2-1-3-5-14/h6-7,12,14H,1-5,8-11H2,(H,21,24,25)/b15-12+. The second-order valence-electron chi connectivity index (χ2n) is 6.95. The van der Waals surface area contributed by atoms with Crippen LogP contribution < -0.4 is 10.2 Å². The number of aromatic nitrogens is 2. The average Bonchev–Trinajstić information content (AvgIpc) is 3.00. The maximum atomic E-state index is 11.7. The SMILES string of the molecule is O=C1NC(=O)/C(=C\c2ccnc(N3CCN(C4CCCCC4)CC3)n2)S1. The Balaban J connectivity index is 1.40. The Kier molecular flexibility index (Phi) is 5.21. The average molecular weight is 373 g/mol. The topological polar surface area (TPSA) is 78.4 Å². The normalized spacial score (nSPS) is 24.3. The van der Waals surface area contributed by atoms with Gasteiger partial charge in [-0.1, -0.05) is 19.3 Å². The van der Waals surface area contributed by atoms with Crippen molar-refractivity contribution in [1.82, 2.24) is 20.2 Å². The summed E-state index contributed by atoms with van der Waals surface area (Å²) >= 11 is 0.907. The number of anilines is 1. The molecule has 0 unspecified atom stereocenters. The van der Waals surface area contributed by atoms with Gasteiger partial charge >= 0.3 is 0 Å². The fraction of sp³-hybridized carbons (Fsp3) is 0.556. The van der Waals surface area contributed by atoms with Crippen molar-refractivity contribution >= 4 is 34.9 Å². The lowest BCUT2D eigenvalue weighted by Crippen LogP contribution is -2.51. The zero-order valence-electron chi connectivity index (χ0n) is 14.7. The van der Waals surface area contributed by atoms with Gasteiger partial charge in [0.05, 0.1) is 10.6 Å². The number of thioether (sulfide) groups is 1. The minimum Gasteiger partial charge on any atom is -0.338 e. The Hall–Kier alpha value is -1.93. The van der Waals surface area contributed by atoms with Crippen LogP contribution >= 0.6 is 11.8 Å². The van der Waals surface area contributed by atoms with Gasteiger partial charge < -0.3 is 4.90 Å². The molecule has 2 aliphatic heterocycles. The molecule has 2 saturated heterocycles. The molecule has 1 aromatic rings. The molecule has 0 atom stereocenters. The quantitative estimate of drug-likeness (QED) is 0.814. The summed E-state index contributed by atoms with van der Waals surface area (Å²) < 4.78 is 0. The first kappa shape index (κ1) is 17.5. The van der Waals surface area contributed by atoms with Crippen LogP contribution in [0, 0.1) is 0 Å². The van der Waals surface area contributed by atoms with E-state index in [1.54, 1.807) is 18.3 Å². The Labute approximate surface area is 157 Å². The lowest BCUT2D eigenvalue weighted by Gasteiger charge is -2.40. The predicted molar refractivity (Wildman–Crippen MR) is 102 cm³/mol. The first-order valence-electron chi connectivity index (χ1n) is 9.26. The van der Waals surface area contributed by atoms with Crippen LogP contribution in [0.2, 0.25) is 0 Å². The molecule has 0 radical (unpaired) electrons. The minimum absolute atomic E-state index is 0.339.